The summed E-state index contributed by atoms with van der Waals surface area (Å²) < 4.78 is 27.4. The summed E-state index contributed by atoms with van der Waals surface area (Å²) in [6.45, 7) is 3.87. The SMILES string of the molecule is Cc1ccc(N2CCN(C(=O)c3cccc(Cl)c3F)CC2)nc1Nc1ncc(F)s1. The fourth-order valence-electron chi connectivity index (χ4n) is 3.21. The van der Waals surface area contributed by atoms with Crippen LogP contribution in [-0.2, 0) is 0 Å². The standard InChI is InChI=1S/C20H18ClF2N5OS/c1-12-5-6-16(25-18(12)26-20-24-11-15(22)30-20)27-7-9-28(10-8-27)19(29)13-3-2-4-14(21)17(13)23/h2-6,11H,7-10H2,1H3,(H,24,25,26). The van der Waals surface area contributed by atoms with E-state index in [9.17, 15) is 13.6 Å². The summed E-state index contributed by atoms with van der Waals surface area (Å²) in [4.78, 5) is 24.9. The topological polar surface area (TPSA) is 61.4 Å². The molecule has 0 atom stereocenters. The first kappa shape index (κ1) is 20.5. The predicted octanol–water partition coefficient (Wildman–Crippen LogP) is 4.48. The van der Waals surface area contributed by atoms with Gasteiger partial charge >= 0.3 is 0 Å². The van der Waals surface area contributed by atoms with Crippen molar-refractivity contribution in [3.8, 4) is 0 Å². The minimum Gasteiger partial charge on any atom is -0.353 e. The molecule has 1 fully saturated rings. The molecule has 4 rings (SSSR count). The largest absolute Gasteiger partial charge is 0.353 e. The van der Waals surface area contributed by atoms with Crippen molar-refractivity contribution in [3.63, 3.8) is 0 Å². The Balaban J connectivity index is 1.44. The van der Waals surface area contributed by atoms with Crippen LogP contribution in [0.5, 0.6) is 0 Å². The van der Waals surface area contributed by atoms with Crippen molar-refractivity contribution < 1.29 is 13.6 Å². The van der Waals surface area contributed by atoms with Crippen LogP contribution < -0.4 is 10.2 Å². The zero-order valence-corrected chi connectivity index (χ0v) is 17.6. The molecular weight excluding hydrogens is 432 g/mol. The van der Waals surface area contributed by atoms with Crippen molar-refractivity contribution in [3.05, 3.63) is 63.6 Å². The molecule has 1 aliphatic rings. The molecule has 0 saturated carbocycles. The summed E-state index contributed by atoms with van der Waals surface area (Å²) in [7, 11) is 0. The van der Waals surface area contributed by atoms with Crippen LogP contribution >= 0.6 is 22.9 Å². The number of piperazine rings is 1. The van der Waals surface area contributed by atoms with Crippen molar-refractivity contribution in [1.82, 2.24) is 14.9 Å². The molecule has 2 aromatic heterocycles. The number of anilines is 3. The van der Waals surface area contributed by atoms with E-state index in [1.165, 1.54) is 12.1 Å². The van der Waals surface area contributed by atoms with E-state index in [2.05, 4.69) is 15.3 Å². The monoisotopic (exact) mass is 449 g/mol. The van der Waals surface area contributed by atoms with E-state index in [0.717, 1.165) is 28.9 Å². The Morgan fingerprint density at radius 1 is 1.17 bits per heavy atom. The second-order valence-corrected chi connectivity index (χ2v) is 8.20. The van der Waals surface area contributed by atoms with E-state index in [-0.39, 0.29) is 21.6 Å². The molecule has 6 nitrogen and oxygen atoms in total. The highest BCUT2D eigenvalue weighted by Crippen LogP contribution is 2.26. The Kier molecular flexibility index (Phi) is 5.83. The first-order valence-electron chi connectivity index (χ1n) is 9.26. The number of hydrogen-bond donors (Lipinski definition) is 1. The molecule has 3 heterocycles. The molecule has 0 aliphatic carbocycles. The number of amides is 1. The molecule has 0 spiro atoms. The normalized spacial score (nSPS) is 14.1. The van der Waals surface area contributed by atoms with Gasteiger partial charge in [0.2, 0.25) is 0 Å². The maximum atomic E-state index is 14.2. The van der Waals surface area contributed by atoms with E-state index in [1.807, 2.05) is 24.0 Å². The number of benzene rings is 1. The van der Waals surface area contributed by atoms with Crippen molar-refractivity contribution in [2.75, 3.05) is 36.4 Å². The van der Waals surface area contributed by atoms with Crippen molar-refractivity contribution in [1.29, 1.82) is 0 Å². The summed E-state index contributed by atoms with van der Waals surface area (Å²) in [6, 6.07) is 8.25. The number of carbonyl (C=O) groups excluding carboxylic acids is 1. The molecule has 1 saturated heterocycles. The lowest BCUT2D eigenvalue weighted by molar-refractivity contribution is 0.0742. The highest BCUT2D eigenvalue weighted by Gasteiger charge is 2.25. The van der Waals surface area contributed by atoms with E-state index in [1.54, 1.807) is 11.0 Å². The number of pyridine rings is 1. The molecular formula is C20H18ClF2N5OS. The number of halogens is 3. The number of carbonyl (C=O) groups is 1. The Hall–Kier alpha value is -2.78. The zero-order chi connectivity index (χ0) is 21.3. The van der Waals surface area contributed by atoms with Crippen LogP contribution in [-0.4, -0.2) is 47.0 Å². The molecule has 1 N–H and O–H groups in total. The van der Waals surface area contributed by atoms with Crippen molar-refractivity contribution in [2.45, 2.75) is 6.92 Å². The molecule has 1 amide bonds. The van der Waals surface area contributed by atoms with Crippen LogP contribution in [0.1, 0.15) is 15.9 Å². The lowest BCUT2D eigenvalue weighted by atomic mass is 10.1. The van der Waals surface area contributed by atoms with Gasteiger partial charge in [-0.25, -0.2) is 14.4 Å². The van der Waals surface area contributed by atoms with Crippen LogP contribution in [0.2, 0.25) is 5.02 Å². The van der Waals surface area contributed by atoms with Crippen molar-refractivity contribution in [2.24, 2.45) is 0 Å². The fraction of sp³-hybridized carbons (Fsp3) is 0.250. The van der Waals surface area contributed by atoms with Crippen LogP contribution in [0.15, 0.2) is 36.5 Å². The average Bonchev–Trinajstić information content (AvgIpc) is 3.16. The number of thiazole rings is 1. The Labute approximate surface area is 181 Å². The van der Waals surface area contributed by atoms with Gasteiger partial charge in [-0.15, -0.1) is 0 Å². The second-order valence-electron chi connectivity index (χ2n) is 6.81. The van der Waals surface area contributed by atoms with Gasteiger partial charge in [-0.05, 0) is 30.7 Å². The van der Waals surface area contributed by atoms with E-state index in [0.29, 0.717) is 37.1 Å². The summed E-state index contributed by atoms with van der Waals surface area (Å²) in [5, 5.41) is 3.04. The average molecular weight is 450 g/mol. The van der Waals surface area contributed by atoms with Gasteiger partial charge in [-0.2, -0.15) is 4.39 Å². The van der Waals surface area contributed by atoms with Crippen LogP contribution in [0.4, 0.5) is 25.5 Å². The van der Waals surface area contributed by atoms with Gasteiger partial charge in [0.05, 0.1) is 16.8 Å². The van der Waals surface area contributed by atoms with E-state index < -0.39 is 5.82 Å². The van der Waals surface area contributed by atoms with Gasteiger partial charge < -0.3 is 15.1 Å². The third-order valence-electron chi connectivity index (χ3n) is 4.86. The number of rotatable bonds is 4. The quantitative estimate of drug-likeness (QED) is 0.636. The van der Waals surface area contributed by atoms with E-state index in [4.69, 9.17) is 11.6 Å². The summed E-state index contributed by atoms with van der Waals surface area (Å²) >= 11 is 6.70. The first-order chi connectivity index (χ1) is 14.4. The Morgan fingerprint density at radius 2 is 1.93 bits per heavy atom. The molecule has 0 unspecified atom stereocenters. The highest BCUT2D eigenvalue weighted by molar-refractivity contribution is 7.14. The molecule has 3 aromatic rings. The molecule has 0 bridgehead atoms. The lowest BCUT2D eigenvalue weighted by Gasteiger charge is -2.35. The molecule has 1 aliphatic heterocycles. The van der Waals surface area contributed by atoms with E-state index >= 15 is 0 Å². The lowest BCUT2D eigenvalue weighted by Crippen LogP contribution is -2.49. The maximum absolute atomic E-state index is 14.2. The van der Waals surface area contributed by atoms with Gasteiger partial charge in [0.25, 0.3) is 5.91 Å². The summed E-state index contributed by atoms with van der Waals surface area (Å²) in [5.74, 6) is 0.267. The number of aryl methyl sites for hydroxylation is 1. The molecule has 1 aromatic carbocycles. The molecule has 0 radical (unpaired) electrons. The first-order valence-corrected chi connectivity index (χ1v) is 10.5. The summed E-state index contributed by atoms with van der Waals surface area (Å²) in [5.41, 5.74) is 0.881. The Bertz CT molecular complexity index is 1080. The van der Waals surface area contributed by atoms with Gasteiger partial charge in [0.15, 0.2) is 16.1 Å². The van der Waals surface area contributed by atoms with Gasteiger partial charge in [0.1, 0.15) is 11.6 Å². The van der Waals surface area contributed by atoms with Gasteiger partial charge in [-0.3, -0.25) is 4.79 Å². The Morgan fingerprint density at radius 3 is 2.63 bits per heavy atom. The molecule has 30 heavy (non-hydrogen) atoms. The van der Waals surface area contributed by atoms with Crippen LogP contribution in [0.3, 0.4) is 0 Å². The highest BCUT2D eigenvalue weighted by atomic mass is 35.5. The fourth-order valence-corrected chi connectivity index (χ4v) is 3.93. The maximum Gasteiger partial charge on any atom is 0.257 e. The minimum absolute atomic E-state index is 0.0217. The smallest absolute Gasteiger partial charge is 0.257 e. The molecule has 10 heteroatoms. The van der Waals surface area contributed by atoms with Gasteiger partial charge in [0, 0.05) is 26.2 Å². The molecule has 156 valence electrons. The number of nitrogens with one attached hydrogen (secondary N) is 1. The van der Waals surface area contributed by atoms with Crippen molar-refractivity contribution >= 4 is 45.6 Å². The van der Waals surface area contributed by atoms with Gasteiger partial charge in [-0.1, -0.05) is 35.1 Å². The minimum atomic E-state index is -0.693. The third-order valence-corrected chi connectivity index (χ3v) is 5.85. The third kappa shape index (κ3) is 4.22. The number of aromatic nitrogens is 2. The summed E-state index contributed by atoms with van der Waals surface area (Å²) in [6.07, 6.45) is 1.16. The van der Waals surface area contributed by atoms with Crippen LogP contribution in [0.25, 0.3) is 0 Å². The number of hydrogen-bond acceptors (Lipinski definition) is 6. The van der Waals surface area contributed by atoms with Crippen LogP contribution in [0, 0.1) is 17.9 Å². The second kappa shape index (κ2) is 8.53. The predicted molar refractivity (Wildman–Crippen MR) is 114 cm³/mol. The zero-order valence-electron chi connectivity index (χ0n) is 16.0. The number of nitrogens with zero attached hydrogens (tertiary/aromatic N) is 4.